The molecular formula is C9H16O4. The number of carboxylic acid groups (broad SMARTS) is 1. The molecule has 0 bridgehead atoms. The Morgan fingerprint density at radius 1 is 1.38 bits per heavy atom. The largest absolute Gasteiger partial charge is 0.481 e. The Labute approximate surface area is 77.8 Å². The van der Waals surface area contributed by atoms with E-state index >= 15 is 0 Å². The summed E-state index contributed by atoms with van der Waals surface area (Å²) in [5.74, 6) is -0.840. The summed E-state index contributed by atoms with van der Waals surface area (Å²) in [6.07, 6.45) is 3.31. The number of hydrogen-bond donors (Lipinski definition) is 1. The van der Waals surface area contributed by atoms with Gasteiger partial charge in [0.05, 0.1) is 12.0 Å². The molecule has 76 valence electrons. The van der Waals surface area contributed by atoms with Gasteiger partial charge in [0.25, 0.3) is 0 Å². The molecule has 0 amide bonds. The summed E-state index contributed by atoms with van der Waals surface area (Å²) >= 11 is 0. The van der Waals surface area contributed by atoms with Crippen LogP contribution in [-0.2, 0) is 14.3 Å². The van der Waals surface area contributed by atoms with Crippen molar-refractivity contribution in [2.75, 3.05) is 13.9 Å². The first-order valence-electron chi connectivity index (χ1n) is 4.57. The molecule has 13 heavy (non-hydrogen) atoms. The first-order valence-corrected chi connectivity index (χ1v) is 4.57. The van der Waals surface area contributed by atoms with Gasteiger partial charge in [0, 0.05) is 7.11 Å². The number of methoxy groups -OCH3 is 1. The van der Waals surface area contributed by atoms with Crippen molar-refractivity contribution < 1.29 is 19.4 Å². The second-order valence-corrected chi connectivity index (χ2v) is 3.39. The maximum Gasteiger partial charge on any atom is 0.306 e. The van der Waals surface area contributed by atoms with Gasteiger partial charge in [-0.3, -0.25) is 4.79 Å². The second kappa shape index (κ2) is 5.19. The highest BCUT2D eigenvalue weighted by molar-refractivity contribution is 5.69. The van der Waals surface area contributed by atoms with Crippen LogP contribution in [-0.4, -0.2) is 31.1 Å². The smallest absolute Gasteiger partial charge is 0.306 e. The van der Waals surface area contributed by atoms with Gasteiger partial charge in [-0.05, 0) is 25.7 Å². The number of hydrogen-bond acceptors (Lipinski definition) is 3. The van der Waals surface area contributed by atoms with Gasteiger partial charge in [0.15, 0.2) is 0 Å². The van der Waals surface area contributed by atoms with Gasteiger partial charge >= 0.3 is 5.97 Å². The number of carbonyl (C=O) groups is 1. The predicted molar refractivity (Wildman–Crippen MR) is 46.3 cm³/mol. The Bertz CT molecular complexity index is 161. The van der Waals surface area contributed by atoms with Crippen LogP contribution in [0, 0.1) is 5.92 Å². The highest BCUT2D eigenvalue weighted by Gasteiger charge is 2.25. The van der Waals surface area contributed by atoms with E-state index in [1.807, 2.05) is 0 Å². The van der Waals surface area contributed by atoms with E-state index in [9.17, 15) is 4.79 Å². The summed E-state index contributed by atoms with van der Waals surface area (Å²) in [4.78, 5) is 10.6. The lowest BCUT2D eigenvalue weighted by Gasteiger charge is -2.25. The van der Waals surface area contributed by atoms with Crippen molar-refractivity contribution in [3.8, 4) is 0 Å². The van der Waals surface area contributed by atoms with Gasteiger partial charge in [-0.1, -0.05) is 0 Å². The maximum atomic E-state index is 10.6. The van der Waals surface area contributed by atoms with Crippen LogP contribution in [0.4, 0.5) is 0 Å². The van der Waals surface area contributed by atoms with Crippen LogP contribution in [0.2, 0.25) is 0 Å². The molecule has 0 aromatic heterocycles. The molecule has 0 aromatic carbocycles. The van der Waals surface area contributed by atoms with Crippen molar-refractivity contribution in [3.05, 3.63) is 0 Å². The van der Waals surface area contributed by atoms with E-state index in [1.54, 1.807) is 7.11 Å². The van der Waals surface area contributed by atoms with Crippen LogP contribution < -0.4 is 0 Å². The zero-order valence-corrected chi connectivity index (χ0v) is 7.86. The Hall–Kier alpha value is -0.610. The molecule has 1 rings (SSSR count). The SMILES string of the molecule is COCOC1CCC(C(=O)O)CC1. The second-order valence-electron chi connectivity index (χ2n) is 3.39. The number of aliphatic carboxylic acids is 1. The van der Waals surface area contributed by atoms with Crippen molar-refractivity contribution in [1.82, 2.24) is 0 Å². The number of carboxylic acids is 1. The van der Waals surface area contributed by atoms with E-state index < -0.39 is 5.97 Å². The van der Waals surface area contributed by atoms with E-state index in [1.165, 1.54) is 0 Å². The summed E-state index contributed by atoms with van der Waals surface area (Å²) in [7, 11) is 1.59. The van der Waals surface area contributed by atoms with Crippen LogP contribution >= 0.6 is 0 Å². The highest BCUT2D eigenvalue weighted by atomic mass is 16.7. The van der Waals surface area contributed by atoms with E-state index in [0.717, 1.165) is 25.7 Å². The molecule has 0 radical (unpaired) electrons. The summed E-state index contributed by atoms with van der Waals surface area (Å²) in [5.41, 5.74) is 0. The van der Waals surface area contributed by atoms with E-state index in [-0.39, 0.29) is 12.0 Å². The van der Waals surface area contributed by atoms with Crippen molar-refractivity contribution in [2.45, 2.75) is 31.8 Å². The standard InChI is InChI=1S/C9H16O4/c1-12-6-13-8-4-2-7(3-5-8)9(10)11/h7-8H,2-6H2,1H3,(H,10,11). The Morgan fingerprint density at radius 2 is 2.00 bits per heavy atom. The fourth-order valence-electron chi connectivity index (χ4n) is 1.64. The maximum absolute atomic E-state index is 10.6. The molecule has 0 saturated heterocycles. The average Bonchev–Trinajstić information content (AvgIpc) is 2.15. The third-order valence-electron chi connectivity index (χ3n) is 2.45. The topological polar surface area (TPSA) is 55.8 Å². The molecular weight excluding hydrogens is 172 g/mol. The van der Waals surface area contributed by atoms with Crippen LogP contribution in [0.15, 0.2) is 0 Å². The molecule has 0 spiro atoms. The van der Waals surface area contributed by atoms with Gasteiger partial charge in [-0.15, -0.1) is 0 Å². The summed E-state index contributed by atoms with van der Waals surface area (Å²) < 4.78 is 10.1. The van der Waals surface area contributed by atoms with Crippen molar-refractivity contribution in [1.29, 1.82) is 0 Å². The number of ether oxygens (including phenoxy) is 2. The molecule has 0 atom stereocenters. The van der Waals surface area contributed by atoms with E-state index in [2.05, 4.69) is 0 Å². The minimum absolute atomic E-state index is 0.164. The molecule has 0 aliphatic heterocycles. The first kappa shape index (κ1) is 10.5. The molecule has 0 unspecified atom stereocenters. The zero-order valence-electron chi connectivity index (χ0n) is 7.86. The van der Waals surface area contributed by atoms with Crippen molar-refractivity contribution >= 4 is 5.97 Å². The normalized spacial score (nSPS) is 28.7. The van der Waals surface area contributed by atoms with Crippen LogP contribution in [0.3, 0.4) is 0 Å². The first-order chi connectivity index (χ1) is 6.24. The molecule has 1 aliphatic carbocycles. The van der Waals surface area contributed by atoms with Gasteiger partial charge < -0.3 is 14.6 Å². The zero-order chi connectivity index (χ0) is 9.68. The fourth-order valence-corrected chi connectivity index (χ4v) is 1.64. The van der Waals surface area contributed by atoms with Gasteiger partial charge in [-0.2, -0.15) is 0 Å². The van der Waals surface area contributed by atoms with Crippen LogP contribution in [0.5, 0.6) is 0 Å². The van der Waals surface area contributed by atoms with Gasteiger partial charge in [-0.25, -0.2) is 0 Å². The molecule has 1 fully saturated rings. The highest BCUT2D eigenvalue weighted by Crippen LogP contribution is 2.26. The summed E-state index contributed by atoms with van der Waals surface area (Å²) in [6, 6.07) is 0. The Kier molecular flexibility index (Phi) is 4.18. The minimum atomic E-state index is -0.676. The summed E-state index contributed by atoms with van der Waals surface area (Å²) in [6.45, 7) is 0.308. The van der Waals surface area contributed by atoms with Crippen molar-refractivity contribution in [3.63, 3.8) is 0 Å². The van der Waals surface area contributed by atoms with Gasteiger partial charge in [0.2, 0.25) is 0 Å². The quantitative estimate of drug-likeness (QED) is 0.674. The van der Waals surface area contributed by atoms with E-state index in [4.69, 9.17) is 14.6 Å². The average molecular weight is 188 g/mol. The Morgan fingerprint density at radius 3 is 2.46 bits per heavy atom. The molecule has 1 N–H and O–H groups in total. The monoisotopic (exact) mass is 188 g/mol. The molecule has 0 aromatic rings. The molecule has 4 heteroatoms. The van der Waals surface area contributed by atoms with Crippen LogP contribution in [0.1, 0.15) is 25.7 Å². The molecule has 4 nitrogen and oxygen atoms in total. The molecule has 1 aliphatic rings. The number of rotatable bonds is 4. The van der Waals surface area contributed by atoms with Crippen LogP contribution in [0.25, 0.3) is 0 Å². The molecule has 0 heterocycles. The minimum Gasteiger partial charge on any atom is -0.481 e. The third-order valence-corrected chi connectivity index (χ3v) is 2.45. The fraction of sp³-hybridized carbons (Fsp3) is 0.889. The lowest BCUT2D eigenvalue weighted by Crippen LogP contribution is -2.26. The summed E-state index contributed by atoms with van der Waals surface area (Å²) in [5, 5.41) is 8.74. The Balaban J connectivity index is 2.18. The van der Waals surface area contributed by atoms with Gasteiger partial charge in [0.1, 0.15) is 6.79 Å². The van der Waals surface area contributed by atoms with Crippen molar-refractivity contribution in [2.24, 2.45) is 5.92 Å². The predicted octanol–water partition coefficient (Wildman–Crippen LogP) is 1.25. The molecule has 1 saturated carbocycles. The lowest BCUT2D eigenvalue weighted by atomic mass is 9.87. The third kappa shape index (κ3) is 3.32. The lowest BCUT2D eigenvalue weighted by molar-refractivity contribution is -0.145. The van der Waals surface area contributed by atoms with E-state index in [0.29, 0.717) is 6.79 Å².